The van der Waals surface area contributed by atoms with E-state index in [0.29, 0.717) is 36.7 Å². The molecule has 0 spiro atoms. The number of carbonyl (C=O) groups excluding carboxylic acids is 2. The summed E-state index contributed by atoms with van der Waals surface area (Å²) in [6, 6.07) is 9.84. The number of amides is 2. The molecule has 0 unspecified atom stereocenters. The van der Waals surface area contributed by atoms with E-state index < -0.39 is 0 Å². The van der Waals surface area contributed by atoms with Crippen LogP contribution in [0.5, 0.6) is 0 Å². The molecule has 2 heterocycles. The van der Waals surface area contributed by atoms with E-state index in [4.69, 9.17) is 0 Å². The molecule has 2 aromatic rings. The second-order valence-corrected chi connectivity index (χ2v) is 7.15. The van der Waals surface area contributed by atoms with Gasteiger partial charge in [-0.15, -0.1) is 0 Å². The van der Waals surface area contributed by atoms with Crippen LogP contribution in [0.15, 0.2) is 42.7 Å². The molecule has 0 saturated heterocycles. The van der Waals surface area contributed by atoms with Crippen molar-refractivity contribution in [2.75, 3.05) is 13.1 Å². The predicted molar refractivity (Wildman–Crippen MR) is 101 cm³/mol. The molecule has 3 rings (SSSR count). The standard InChI is InChI=1S/C21H25N3O2/c1-15(2)7-9-23-20(25)18-11-19(13-22-12-18)21(26)24-10-8-16-5-3-4-6-17(16)14-24/h3-6,11-13,15H,7-10,14H2,1-2H3,(H,23,25). The first-order valence-electron chi connectivity index (χ1n) is 9.14. The number of hydrogen-bond donors (Lipinski definition) is 1. The minimum Gasteiger partial charge on any atom is -0.352 e. The summed E-state index contributed by atoms with van der Waals surface area (Å²) in [5.41, 5.74) is 3.37. The third-order valence-electron chi connectivity index (χ3n) is 4.67. The van der Waals surface area contributed by atoms with E-state index in [1.165, 1.54) is 23.5 Å². The molecule has 0 fully saturated rings. The average Bonchev–Trinajstić information content (AvgIpc) is 2.66. The molecule has 2 amide bonds. The van der Waals surface area contributed by atoms with Crippen molar-refractivity contribution in [3.63, 3.8) is 0 Å². The van der Waals surface area contributed by atoms with Crippen molar-refractivity contribution < 1.29 is 9.59 Å². The highest BCUT2D eigenvalue weighted by Gasteiger charge is 2.22. The van der Waals surface area contributed by atoms with Crippen LogP contribution in [-0.2, 0) is 13.0 Å². The Bertz CT molecular complexity index is 801. The van der Waals surface area contributed by atoms with E-state index in [2.05, 4.69) is 36.3 Å². The first-order valence-corrected chi connectivity index (χ1v) is 9.14. The summed E-state index contributed by atoms with van der Waals surface area (Å²) in [5, 5.41) is 2.89. The lowest BCUT2D eigenvalue weighted by Crippen LogP contribution is -2.36. The van der Waals surface area contributed by atoms with Crippen LogP contribution in [0, 0.1) is 5.92 Å². The number of rotatable bonds is 5. The van der Waals surface area contributed by atoms with Crippen molar-refractivity contribution in [2.45, 2.75) is 33.2 Å². The highest BCUT2D eigenvalue weighted by Crippen LogP contribution is 2.20. The van der Waals surface area contributed by atoms with Gasteiger partial charge in [0.1, 0.15) is 0 Å². The normalized spacial score (nSPS) is 13.4. The van der Waals surface area contributed by atoms with Crippen molar-refractivity contribution in [3.05, 3.63) is 65.0 Å². The molecule has 5 heteroatoms. The molecule has 0 saturated carbocycles. The van der Waals surface area contributed by atoms with Crippen molar-refractivity contribution in [3.8, 4) is 0 Å². The SMILES string of the molecule is CC(C)CCNC(=O)c1cncc(C(=O)N2CCc3ccccc3C2)c1. The lowest BCUT2D eigenvalue weighted by atomic mass is 9.99. The van der Waals surface area contributed by atoms with Crippen LogP contribution in [-0.4, -0.2) is 34.8 Å². The first kappa shape index (κ1) is 18.1. The number of nitrogens with zero attached hydrogens (tertiary/aromatic N) is 2. The highest BCUT2D eigenvalue weighted by molar-refractivity contribution is 5.99. The van der Waals surface area contributed by atoms with Gasteiger partial charge in [0.15, 0.2) is 0 Å². The van der Waals surface area contributed by atoms with Gasteiger partial charge in [-0.3, -0.25) is 14.6 Å². The van der Waals surface area contributed by atoms with Gasteiger partial charge in [-0.05, 0) is 36.0 Å². The molecule has 136 valence electrons. The molecule has 0 atom stereocenters. The Kier molecular flexibility index (Phi) is 5.66. The first-order chi connectivity index (χ1) is 12.5. The summed E-state index contributed by atoms with van der Waals surface area (Å²) in [7, 11) is 0. The maximum absolute atomic E-state index is 12.8. The molecular weight excluding hydrogens is 326 g/mol. The van der Waals surface area contributed by atoms with E-state index >= 15 is 0 Å². The fraction of sp³-hybridized carbons (Fsp3) is 0.381. The number of pyridine rings is 1. The Morgan fingerprint density at radius 1 is 1.15 bits per heavy atom. The largest absolute Gasteiger partial charge is 0.352 e. The average molecular weight is 351 g/mol. The number of hydrogen-bond acceptors (Lipinski definition) is 3. The second-order valence-electron chi connectivity index (χ2n) is 7.15. The van der Waals surface area contributed by atoms with E-state index in [-0.39, 0.29) is 11.8 Å². The van der Waals surface area contributed by atoms with Gasteiger partial charge >= 0.3 is 0 Å². The third-order valence-corrected chi connectivity index (χ3v) is 4.67. The van der Waals surface area contributed by atoms with Crippen molar-refractivity contribution in [1.82, 2.24) is 15.2 Å². The molecule has 1 N–H and O–H groups in total. The minimum atomic E-state index is -0.184. The van der Waals surface area contributed by atoms with Gasteiger partial charge in [0.05, 0.1) is 11.1 Å². The zero-order valence-corrected chi connectivity index (χ0v) is 15.4. The Balaban J connectivity index is 1.68. The van der Waals surface area contributed by atoms with Crippen LogP contribution in [0.25, 0.3) is 0 Å². The van der Waals surface area contributed by atoms with Crippen molar-refractivity contribution in [1.29, 1.82) is 0 Å². The number of benzene rings is 1. The van der Waals surface area contributed by atoms with E-state index in [1.807, 2.05) is 17.0 Å². The molecule has 0 aliphatic carbocycles. The fourth-order valence-corrected chi connectivity index (χ4v) is 3.11. The third kappa shape index (κ3) is 4.28. The zero-order chi connectivity index (χ0) is 18.5. The minimum absolute atomic E-state index is 0.0798. The van der Waals surface area contributed by atoms with Crippen LogP contribution >= 0.6 is 0 Å². The van der Waals surface area contributed by atoms with Crippen LogP contribution < -0.4 is 5.32 Å². The second kappa shape index (κ2) is 8.13. The molecule has 26 heavy (non-hydrogen) atoms. The maximum atomic E-state index is 12.8. The van der Waals surface area contributed by atoms with Gasteiger partial charge in [0.25, 0.3) is 11.8 Å². The quantitative estimate of drug-likeness (QED) is 0.900. The van der Waals surface area contributed by atoms with Gasteiger partial charge in [-0.1, -0.05) is 38.1 Å². The van der Waals surface area contributed by atoms with Crippen LogP contribution in [0.2, 0.25) is 0 Å². The van der Waals surface area contributed by atoms with Gasteiger partial charge in [-0.25, -0.2) is 0 Å². The van der Waals surface area contributed by atoms with E-state index in [0.717, 1.165) is 12.8 Å². The van der Waals surface area contributed by atoms with Gasteiger partial charge in [0.2, 0.25) is 0 Å². The molecule has 1 aromatic heterocycles. The maximum Gasteiger partial charge on any atom is 0.255 e. The Morgan fingerprint density at radius 3 is 2.65 bits per heavy atom. The molecular formula is C21H25N3O2. The molecule has 0 bridgehead atoms. The summed E-state index contributed by atoms with van der Waals surface area (Å²) >= 11 is 0. The Labute approximate surface area is 154 Å². The predicted octanol–water partition coefficient (Wildman–Crippen LogP) is 3.06. The lowest BCUT2D eigenvalue weighted by molar-refractivity contribution is 0.0734. The van der Waals surface area contributed by atoms with Crippen LogP contribution in [0.3, 0.4) is 0 Å². The van der Waals surface area contributed by atoms with E-state index in [9.17, 15) is 9.59 Å². The highest BCUT2D eigenvalue weighted by atomic mass is 16.2. The van der Waals surface area contributed by atoms with Gasteiger partial charge in [-0.2, -0.15) is 0 Å². The molecule has 1 aliphatic heterocycles. The Hall–Kier alpha value is -2.69. The molecule has 5 nitrogen and oxygen atoms in total. The zero-order valence-electron chi connectivity index (χ0n) is 15.4. The van der Waals surface area contributed by atoms with Gasteiger partial charge in [0, 0.05) is 32.0 Å². The Morgan fingerprint density at radius 2 is 1.88 bits per heavy atom. The topological polar surface area (TPSA) is 62.3 Å². The number of nitrogens with one attached hydrogen (secondary N) is 1. The lowest BCUT2D eigenvalue weighted by Gasteiger charge is -2.28. The van der Waals surface area contributed by atoms with E-state index in [1.54, 1.807) is 6.07 Å². The fourth-order valence-electron chi connectivity index (χ4n) is 3.11. The summed E-state index contributed by atoms with van der Waals surface area (Å²) in [6.07, 6.45) is 4.82. The molecule has 1 aliphatic rings. The summed E-state index contributed by atoms with van der Waals surface area (Å²) in [5.74, 6) is 0.268. The van der Waals surface area contributed by atoms with Crippen molar-refractivity contribution >= 4 is 11.8 Å². The monoisotopic (exact) mass is 351 g/mol. The van der Waals surface area contributed by atoms with Crippen LogP contribution in [0.4, 0.5) is 0 Å². The molecule has 1 aromatic carbocycles. The van der Waals surface area contributed by atoms with Crippen molar-refractivity contribution in [2.24, 2.45) is 5.92 Å². The summed E-state index contributed by atoms with van der Waals surface area (Å²) < 4.78 is 0. The molecule has 0 radical (unpaired) electrons. The summed E-state index contributed by atoms with van der Waals surface area (Å²) in [6.45, 7) is 6.13. The van der Waals surface area contributed by atoms with Gasteiger partial charge < -0.3 is 10.2 Å². The number of aromatic nitrogens is 1. The number of carbonyl (C=O) groups is 2. The van der Waals surface area contributed by atoms with Crippen LogP contribution in [0.1, 0.15) is 52.1 Å². The smallest absolute Gasteiger partial charge is 0.255 e. The number of fused-ring (bicyclic) bond motifs is 1. The summed E-state index contributed by atoms with van der Waals surface area (Å²) in [4.78, 5) is 31.0.